The zero-order valence-corrected chi connectivity index (χ0v) is 10.3. The third kappa shape index (κ3) is 8.31. The van der Waals surface area contributed by atoms with Gasteiger partial charge in [-0.1, -0.05) is 20.3 Å². The maximum atomic E-state index is 11.4. The van der Waals surface area contributed by atoms with Crippen molar-refractivity contribution in [2.24, 2.45) is 5.92 Å². The molecule has 16 heavy (non-hydrogen) atoms. The van der Waals surface area contributed by atoms with Gasteiger partial charge in [-0.3, -0.25) is 4.79 Å². The van der Waals surface area contributed by atoms with Crippen molar-refractivity contribution in [2.45, 2.75) is 39.5 Å². The molecule has 0 heterocycles. The van der Waals surface area contributed by atoms with Crippen LogP contribution in [0.25, 0.3) is 0 Å². The standard InChI is InChI=1S/C13H22O3/c1-4-7-12(6-3)11-13(14)16-10-9-15-8-5-2/h1,12H,5-11H2,2-3H3. The molecule has 0 aliphatic carbocycles. The summed E-state index contributed by atoms with van der Waals surface area (Å²) in [5, 5.41) is 0. The van der Waals surface area contributed by atoms with E-state index in [0.717, 1.165) is 12.8 Å². The van der Waals surface area contributed by atoms with Crippen LogP contribution in [0.3, 0.4) is 0 Å². The fourth-order valence-corrected chi connectivity index (χ4v) is 1.28. The second-order valence-corrected chi connectivity index (χ2v) is 3.72. The van der Waals surface area contributed by atoms with E-state index in [2.05, 4.69) is 5.92 Å². The van der Waals surface area contributed by atoms with Gasteiger partial charge in [-0.05, 0) is 12.3 Å². The molecule has 0 amide bonds. The van der Waals surface area contributed by atoms with Crippen molar-refractivity contribution in [1.82, 2.24) is 0 Å². The van der Waals surface area contributed by atoms with E-state index in [-0.39, 0.29) is 11.9 Å². The van der Waals surface area contributed by atoms with Gasteiger partial charge in [-0.2, -0.15) is 0 Å². The lowest BCUT2D eigenvalue weighted by atomic mass is 9.99. The minimum Gasteiger partial charge on any atom is -0.463 e. The molecule has 0 aliphatic heterocycles. The summed E-state index contributed by atoms with van der Waals surface area (Å²) in [6.45, 7) is 5.60. The summed E-state index contributed by atoms with van der Waals surface area (Å²) in [5.74, 6) is 2.64. The minimum atomic E-state index is -0.179. The summed E-state index contributed by atoms with van der Waals surface area (Å²) >= 11 is 0. The first-order chi connectivity index (χ1) is 7.74. The van der Waals surface area contributed by atoms with Crippen LogP contribution < -0.4 is 0 Å². The molecule has 0 aliphatic rings. The Morgan fingerprint density at radius 3 is 2.62 bits per heavy atom. The molecule has 92 valence electrons. The quantitative estimate of drug-likeness (QED) is 0.344. The van der Waals surface area contributed by atoms with Crippen molar-refractivity contribution >= 4 is 5.97 Å². The smallest absolute Gasteiger partial charge is 0.306 e. The van der Waals surface area contributed by atoms with Gasteiger partial charge in [-0.15, -0.1) is 12.3 Å². The number of carbonyl (C=O) groups excluding carboxylic acids is 1. The van der Waals surface area contributed by atoms with Crippen molar-refractivity contribution in [3.8, 4) is 12.3 Å². The maximum absolute atomic E-state index is 11.4. The van der Waals surface area contributed by atoms with Crippen molar-refractivity contribution in [1.29, 1.82) is 0 Å². The number of hydrogen-bond acceptors (Lipinski definition) is 3. The topological polar surface area (TPSA) is 35.5 Å². The molecule has 0 radical (unpaired) electrons. The summed E-state index contributed by atoms with van der Waals surface area (Å²) in [6.07, 6.45) is 8.15. The Labute approximate surface area is 98.5 Å². The van der Waals surface area contributed by atoms with Gasteiger partial charge in [0.1, 0.15) is 6.61 Å². The molecule has 1 atom stereocenters. The Hall–Kier alpha value is -1.01. The predicted octanol–water partition coefficient (Wildman–Crippen LogP) is 2.40. The van der Waals surface area contributed by atoms with Gasteiger partial charge in [0, 0.05) is 19.4 Å². The number of rotatable bonds is 9. The first-order valence-corrected chi connectivity index (χ1v) is 5.91. The monoisotopic (exact) mass is 226 g/mol. The van der Waals surface area contributed by atoms with Gasteiger partial charge < -0.3 is 9.47 Å². The highest BCUT2D eigenvalue weighted by Crippen LogP contribution is 2.12. The van der Waals surface area contributed by atoms with Crippen LogP contribution in [-0.4, -0.2) is 25.8 Å². The summed E-state index contributed by atoms with van der Waals surface area (Å²) in [7, 11) is 0. The molecule has 0 fully saturated rings. The highest BCUT2D eigenvalue weighted by molar-refractivity contribution is 5.69. The first kappa shape index (κ1) is 15.0. The molecule has 0 bridgehead atoms. The van der Waals surface area contributed by atoms with Crippen molar-refractivity contribution in [3.05, 3.63) is 0 Å². The lowest BCUT2D eigenvalue weighted by Gasteiger charge is -2.11. The van der Waals surface area contributed by atoms with Gasteiger partial charge >= 0.3 is 5.97 Å². The van der Waals surface area contributed by atoms with Gasteiger partial charge in [0.15, 0.2) is 0 Å². The SMILES string of the molecule is C#CCC(CC)CC(=O)OCCOCCC. The normalized spacial score (nSPS) is 11.8. The maximum Gasteiger partial charge on any atom is 0.306 e. The number of carbonyl (C=O) groups is 1. The molecule has 0 N–H and O–H groups in total. The average Bonchev–Trinajstić information content (AvgIpc) is 2.28. The van der Waals surface area contributed by atoms with E-state index in [1.54, 1.807) is 0 Å². The van der Waals surface area contributed by atoms with Crippen LogP contribution in [0.4, 0.5) is 0 Å². The second kappa shape index (κ2) is 10.5. The average molecular weight is 226 g/mol. The van der Waals surface area contributed by atoms with Crippen LogP contribution >= 0.6 is 0 Å². The largest absolute Gasteiger partial charge is 0.463 e. The Morgan fingerprint density at radius 1 is 1.31 bits per heavy atom. The van der Waals surface area contributed by atoms with E-state index in [4.69, 9.17) is 15.9 Å². The molecule has 1 unspecified atom stereocenters. The Balaban J connectivity index is 3.53. The van der Waals surface area contributed by atoms with Gasteiger partial charge in [0.05, 0.1) is 6.61 Å². The van der Waals surface area contributed by atoms with Gasteiger partial charge in [0.2, 0.25) is 0 Å². The zero-order chi connectivity index (χ0) is 12.2. The summed E-state index contributed by atoms with van der Waals surface area (Å²) in [5.41, 5.74) is 0. The molecule has 0 saturated carbocycles. The third-order valence-corrected chi connectivity index (χ3v) is 2.28. The molecule has 0 rings (SSSR count). The van der Waals surface area contributed by atoms with Crippen molar-refractivity contribution in [2.75, 3.05) is 19.8 Å². The molecule has 3 heteroatoms. The number of terminal acetylenes is 1. The Bertz CT molecular complexity index is 218. The van der Waals surface area contributed by atoms with Gasteiger partial charge in [-0.25, -0.2) is 0 Å². The molecule has 3 nitrogen and oxygen atoms in total. The summed E-state index contributed by atoms with van der Waals surface area (Å²) < 4.78 is 10.2. The van der Waals surface area contributed by atoms with E-state index in [0.29, 0.717) is 32.7 Å². The van der Waals surface area contributed by atoms with Crippen LogP contribution in [0.2, 0.25) is 0 Å². The van der Waals surface area contributed by atoms with E-state index in [9.17, 15) is 4.79 Å². The first-order valence-electron chi connectivity index (χ1n) is 5.91. The van der Waals surface area contributed by atoms with Crippen LogP contribution in [0.1, 0.15) is 39.5 Å². The molecular formula is C13H22O3. The molecule has 0 aromatic heterocycles. The lowest BCUT2D eigenvalue weighted by molar-refractivity contribution is -0.146. The fraction of sp³-hybridized carbons (Fsp3) is 0.769. The molecule has 0 spiro atoms. The van der Waals surface area contributed by atoms with Crippen LogP contribution in [0.5, 0.6) is 0 Å². The highest BCUT2D eigenvalue weighted by atomic mass is 16.6. The Kier molecular flexibility index (Phi) is 9.84. The number of hydrogen-bond donors (Lipinski definition) is 0. The van der Waals surface area contributed by atoms with E-state index in [1.807, 2.05) is 13.8 Å². The minimum absolute atomic E-state index is 0.179. The second-order valence-electron chi connectivity index (χ2n) is 3.72. The summed E-state index contributed by atoms with van der Waals surface area (Å²) in [4.78, 5) is 11.4. The predicted molar refractivity (Wildman–Crippen MR) is 63.9 cm³/mol. The van der Waals surface area contributed by atoms with Crippen LogP contribution in [0, 0.1) is 18.3 Å². The lowest BCUT2D eigenvalue weighted by Crippen LogP contribution is -2.14. The third-order valence-electron chi connectivity index (χ3n) is 2.28. The highest BCUT2D eigenvalue weighted by Gasteiger charge is 2.11. The van der Waals surface area contributed by atoms with Crippen molar-refractivity contribution < 1.29 is 14.3 Å². The van der Waals surface area contributed by atoms with Crippen molar-refractivity contribution in [3.63, 3.8) is 0 Å². The van der Waals surface area contributed by atoms with E-state index >= 15 is 0 Å². The van der Waals surface area contributed by atoms with Crippen LogP contribution in [-0.2, 0) is 14.3 Å². The van der Waals surface area contributed by atoms with E-state index < -0.39 is 0 Å². The van der Waals surface area contributed by atoms with Gasteiger partial charge in [0.25, 0.3) is 0 Å². The van der Waals surface area contributed by atoms with Crippen LogP contribution in [0.15, 0.2) is 0 Å². The Morgan fingerprint density at radius 2 is 2.06 bits per heavy atom. The molecule has 0 saturated heterocycles. The fourth-order valence-electron chi connectivity index (χ4n) is 1.28. The molecule has 0 aromatic carbocycles. The molecular weight excluding hydrogens is 204 g/mol. The number of ether oxygens (including phenoxy) is 2. The zero-order valence-electron chi connectivity index (χ0n) is 10.3. The van der Waals surface area contributed by atoms with E-state index in [1.165, 1.54) is 0 Å². The number of esters is 1. The molecule has 0 aromatic rings. The summed E-state index contributed by atoms with van der Waals surface area (Å²) in [6, 6.07) is 0.